The summed E-state index contributed by atoms with van der Waals surface area (Å²) < 4.78 is 5.52. The molecular weight excluding hydrogens is 233 g/mol. The van der Waals surface area contributed by atoms with Crippen molar-refractivity contribution >= 4 is 23.2 Å². The van der Waals surface area contributed by atoms with Crippen LogP contribution in [0, 0.1) is 11.3 Å². The maximum atomic E-state index is 9.05. The Morgan fingerprint density at radius 3 is 2.93 bits per heavy atom. The molecule has 0 saturated heterocycles. The van der Waals surface area contributed by atoms with Crippen LogP contribution >= 0.6 is 23.2 Å². The van der Waals surface area contributed by atoms with Crippen molar-refractivity contribution in [3.8, 4) is 11.8 Å². The van der Waals surface area contributed by atoms with Crippen LogP contribution in [0.5, 0.6) is 5.75 Å². The normalized spacial score (nSPS) is 19.7. The van der Waals surface area contributed by atoms with Gasteiger partial charge >= 0.3 is 0 Å². The number of ether oxygens (including phenoxy) is 1. The van der Waals surface area contributed by atoms with Gasteiger partial charge in [0, 0.05) is 10.6 Å². The lowest BCUT2D eigenvalue weighted by Crippen LogP contribution is -1.96. The molecule has 15 heavy (non-hydrogen) atoms. The van der Waals surface area contributed by atoms with E-state index in [0.717, 1.165) is 18.4 Å². The third kappa shape index (κ3) is 2.04. The van der Waals surface area contributed by atoms with Crippen molar-refractivity contribution in [2.45, 2.75) is 18.8 Å². The monoisotopic (exact) mass is 241 g/mol. The van der Waals surface area contributed by atoms with Gasteiger partial charge in [-0.3, -0.25) is 0 Å². The molecule has 4 heteroatoms. The van der Waals surface area contributed by atoms with Crippen LogP contribution in [-0.4, -0.2) is 6.61 Å². The van der Waals surface area contributed by atoms with Gasteiger partial charge < -0.3 is 4.74 Å². The molecule has 2 rings (SSSR count). The Balaban J connectivity index is 2.56. The van der Waals surface area contributed by atoms with Crippen LogP contribution in [-0.2, 0) is 0 Å². The molecule has 0 amide bonds. The molecule has 1 aliphatic rings. The van der Waals surface area contributed by atoms with Gasteiger partial charge in [0.25, 0.3) is 0 Å². The average Bonchev–Trinajstić information content (AvgIpc) is 2.39. The van der Waals surface area contributed by atoms with Crippen LogP contribution in [0.1, 0.15) is 24.3 Å². The van der Waals surface area contributed by atoms with E-state index in [-0.39, 0.29) is 5.92 Å². The quantitative estimate of drug-likeness (QED) is 0.693. The minimum Gasteiger partial charge on any atom is -0.492 e. The SMILES string of the molecule is N#CC1CCCOc2c(Cl)cc(Cl)cc21. The molecule has 1 aromatic carbocycles. The fraction of sp³-hybridized carbons (Fsp3) is 0.364. The molecule has 0 fully saturated rings. The average molecular weight is 242 g/mol. The first-order chi connectivity index (χ1) is 7.22. The molecule has 0 spiro atoms. The molecule has 0 bridgehead atoms. The molecular formula is C11H9Cl2NO. The van der Waals surface area contributed by atoms with Gasteiger partial charge in [0.15, 0.2) is 0 Å². The van der Waals surface area contributed by atoms with Crippen molar-refractivity contribution in [3.05, 3.63) is 27.7 Å². The van der Waals surface area contributed by atoms with Gasteiger partial charge in [-0.15, -0.1) is 0 Å². The van der Waals surface area contributed by atoms with Crippen LogP contribution in [0.15, 0.2) is 12.1 Å². The molecule has 0 aliphatic carbocycles. The van der Waals surface area contributed by atoms with Crippen LogP contribution in [0.3, 0.4) is 0 Å². The Morgan fingerprint density at radius 1 is 1.40 bits per heavy atom. The highest BCUT2D eigenvalue weighted by Gasteiger charge is 2.22. The maximum absolute atomic E-state index is 9.05. The minimum absolute atomic E-state index is 0.168. The van der Waals surface area contributed by atoms with Crippen LogP contribution in [0.2, 0.25) is 10.0 Å². The fourth-order valence-corrected chi connectivity index (χ4v) is 2.31. The van der Waals surface area contributed by atoms with Crippen molar-refractivity contribution in [3.63, 3.8) is 0 Å². The number of halogens is 2. The van der Waals surface area contributed by atoms with E-state index in [4.69, 9.17) is 33.2 Å². The molecule has 1 aliphatic heterocycles. The summed E-state index contributed by atoms with van der Waals surface area (Å²) in [4.78, 5) is 0. The molecule has 0 saturated carbocycles. The number of benzene rings is 1. The van der Waals surface area contributed by atoms with Crippen molar-refractivity contribution in [2.24, 2.45) is 0 Å². The van der Waals surface area contributed by atoms with Crippen molar-refractivity contribution in [1.82, 2.24) is 0 Å². The van der Waals surface area contributed by atoms with Gasteiger partial charge in [-0.1, -0.05) is 23.2 Å². The highest BCUT2D eigenvalue weighted by atomic mass is 35.5. The van der Waals surface area contributed by atoms with Gasteiger partial charge in [0.1, 0.15) is 5.75 Å². The smallest absolute Gasteiger partial charge is 0.142 e. The third-order valence-corrected chi connectivity index (χ3v) is 2.95. The summed E-state index contributed by atoms with van der Waals surface area (Å²) in [6, 6.07) is 5.66. The van der Waals surface area contributed by atoms with Gasteiger partial charge in [-0.2, -0.15) is 5.26 Å². The maximum Gasteiger partial charge on any atom is 0.142 e. The lowest BCUT2D eigenvalue weighted by Gasteiger charge is -2.11. The number of nitriles is 1. The first kappa shape index (κ1) is 10.6. The Kier molecular flexibility index (Phi) is 3.04. The highest BCUT2D eigenvalue weighted by molar-refractivity contribution is 6.35. The van der Waals surface area contributed by atoms with E-state index in [1.165, 1.54) is 0 Å². The zero-order valence-corrected chi connectivity index (χ0v) is 9.48. The van der Waals surface area contributed by atoms with Crippen LogP contribution < -0.4 is 4.74 Å². The molecule has 2 nitrogen and oxygen atoms in total. The number of hydrogen-bond acceptors (Lipinski definition) is 2. The number of fused-ring (bicyclic) bond motifs is 1. The second kappa shape index (κ2) is 4.30. The van der Waals surface area contributed by atoms with Crippen molar-refractivity contribution in [1.29, 1.82) is 5.26 Å². The highest BCUT2D eigenvalue weighted by Crippen LogP contribution is 2.39. The minimum atomic E-state index is -0.168. The number of hydrogen-bond donors (Lipinski definition) is 0. The Bertz CT molecular complexity index is 425. The standard InChI is InChI=1S/C11H9Cl2NO/c12-8-4-9-7(6-14)2-1-3-15-11(9)10(13)5-8/h4-5,7H,1-3H2. The Hall–Kier alpha value is -0.910. The first-order valence-electron chi connectivity index (χ1n) is 4.73. The molecule has 78 valence electrons. The van der Waals surface area contributed by atoms with Crippen molar-refractivity contribution in [2.75, 3.05) is 6.61 Å². The lowest BCUT2D eigenvalue weighted by molar-refractivity contribution is 0.317. The summed E-state index contributed by atoms with van der Waals surface area (Å²) in [7, 11) is 0. The van der Waals surface area contributed by atoms with E-state index >= 15 is 0 Å². The number of nitrogens with zero attached hydrogens (tertiary/aromatic N) is 1. The largest absolute Gasteiger partial charge is 0.492 e. The summed E-state index contributed by atoms with van der Waals surface area (Å²) in [6.45, 7) is 0.604. The third-order valence-electron chi connectivity index (χ3n) is 2.45. The molecule has 0 N–H and O–H groups in total. The van der Waals surface area contributed by atoms with E-state index in [1.807, 2.05) is 0 Å². The topological polar surface area (TPSA) is 33.0 Å². The molecule has 0 aromatic heterocycles. The molecule has 1 atom stereocenters. The Labute approximate surface area is 98.4 Å². The van der Waals surface area contributed by atoms with Gasteiger partial charge in [-0.05, 0) is 25.0 Å². The Morgan fingerprint density at radius 2 is 2.20 bits per heavy atom. The van der Waals surface area contributed by atoms with E-state index in [0.29, 0.717) is 22.4 Å². The first-order valence-corrected chi connectivity index (χ1v) is 5.49. The summed E-state index contributed by atoms with van der Waals surface area (Å²) in [6.07, 6.45) is 1.65. The van der Waals surface area contributed by atoms with Gasteiger partial charge in [0.05, 0.1) is 23.6 Å². The number of rotatable bonds is 0. The zero-order valence-electron chi connectivity index (χ0n) is 7.96. The van der Waals surface area contributed by atoms with E-state index in [9.17, 15) is 0 Å². The summed E-state index contributed by atoms with van der Waals surface area (Å²) in [5.41, 5.74) is 0.813. The molecule has 1 heterocycles. The van der Waals surface area contributed by atoms with E-state index < -0.39 is 0 Å². The van der Waals surface area contributed by atoms with Gasteiger partial charge in [-0.25, -0.2) is 0 Å². The van der Waals surface area contributed by atoms with Crippen molar-refractivity contribution < 1.29 is 4.74 Å². The molecule has 0 radical (unpaired) electrons. The predicted molar refractivity (Wildman–Crippen MR) is 59.5 cm³/mol. The summed E-state index contributed by atoms with van der Waals surface area (Å²) in [5.74, 6) is 0.448. The molecule has 1 unspecified atom stereocenters. The second-order valence-corrected chi connectivity index (χ2v) is 4.32. The summed E-state index contributed by atoms with van der Waals surface area (Å²) in [5, 5.41) is 10.1. The zero-order chi connectivity index (χ0) is 10.8. The summed E-state index contributed by atoms with van der Waals surface area (Å²) >= 11 is 11.9. The molecule has 1 aromatic rings. The fourth-order valence-electron chi connectivity index (χ4n) is 1.74. The van der Waals surface area contributed by atoms with E-state index in [1.54, 1.807) is 12.1 Å². The van der Waals surface area contributed by atoms with Gasteiger partial charge in [0.2, 0.25) is 0 Å². The van der Waals surface area contributed by atoms with E-state index in [2.05, 4.69) is 6.07 Å². The lowest BCUT2D eigenvalue weighted by atomic mass is 9.96. The van der Waals surface area contributed by atoms with Crippen LogP contribution in [0.25, 0.3) is 0 Å². The predicted octanol–water partition coefficient (Wildman–Crippen LogP) is 3.77. The second-order valence-electron chi connectivity index (χ2n) is 3.48. The van der Waals surface area contributed by atoms with Crippen LogP contribution in [0.4, 0.5) is 0 Å².